The van der Waals surface area contributed by atoms with Gasteiger partial charge in [0.15, 0.2) is 0 Å². The maximum atomic E-state index is 4.58. The topological polar surface area (TPSA) is 46.5 Å². The Morgan fingerprint density at radius 2 is 2.19 bits per heavy atom. The first kappa shape index (κ1) is 12.6. The number of H-pyrrole nitrogens is 1. The van der Waals surface area contributed by atoms with E-state index in [1.54, 1.807) is 0 Å². The average Bonchev–Trinajstić information content (AvgIpc) is 3.01. The summed E-state index contributed by atoms with van der Waals surface area (Å²) in [4.78, 5) is 4.58. The number of rotatable bonds is 1. The van der Waals surface area contributed by atoms with Gasteiger partial charge >= 0.3 is 0 Å². The van der Waals surface area contributed by atoms with Gasteiger partial charge < -0.3 is 4.57 Å². The van der Waals surface area contributed by atoms with E-state index in [1.807, 2.05) is 24.0 Å². The second-order valence-electron chi connectivity index (χ2n) is 6.93. The van der Waals surface area contributed by atoms with Gasteiger partial charge in [0, 0.05) is 41.6 Å². The maximum Gasteiger partial charge on any atom is 0.139 e. The number of aromatic nitrogens is 4. The van der Waals surface area contributed by atoms with Gasteiger partial charge in [-0.2, -0.15) is 5.10 Å². The zero-order valence-corrected chi connectivity index (χ0v) is 12.8. The highest BCUT2D eigenvalue weighted by atomic mass is 15.1. The lowest BCUT2D eigenvalue weighted by Crippen LogP contribution is -2.21. The number of fused-ring (bicyclic) bond motifs is 2. The predicted octanol–water partition coefficient (Wildman–Crippen LogP) is 3.48. The van der Waals surface area contributed by atoms with Gasteiger partial charge in [-0.25, -0.2) is 4.98 Å². The summed E-state index contributed by atoms with van der Waals surface area (Å²) < 4.78 is 2.04. The van der Waals surface area contributed by atoms with Crippen molar-refractivity contribution < 1.29 is 0 Å². The van der Waals surface area contributed by atoms with Crippen LogP contribution in [0.3, 0.4) is 0 Å². The monoisotopic (exact) mass is 280 g/mol. The van der Waals surface area contributed by atoms with Gasteiger partial charge in [-0.15, -0.1) is 0 Å². The summed E-state index contributed by atoms with van der Waals surface area (Å²) in [7, 11) is 2.02. The van der Waals surface area contributed by atoms with Crippen molar-refractivity contribution in [2.45, 2.75) is 33.1 Å². The molecule has 3 aromatic heterocycles. The molecule has 1 aliphatic rings. The van der Waals surface area contributed by atoms with Crippen molar-refractivity contribution in [3.05, 3.63) is 35.8 Å². The maximum absolute atomic E-state index is 4.58. The number of nitrogens with one attached hydrogen (secondary N) is 1. The second kappa shape index (κ2) is 4.20. The summed E-state index contributed by atoms with van der Waals surface area (Å²) >= 11 is 0. The first-order valence-corrected chi connectivity index (χ1v) is 7.51. The molecule has 0 saturated carbocycles. The number of hydrogen-bond acceptors (Lipinski definition) is 2. The van der Waals surface area contributed by atoms with E-state index in [-0.39, 0.29) is 0 Å². The van der Waals surface area contributed by atoms with Gasteiger partial charge in [-0.05, 0) is 36.8 Å². The van der Waals surface area contributed by atoms with Crippen LogP contribution in [0.15, 0.2) is 24.5 Å². The van der Waals surface area contributed by atoms with Crippen LogP contribution in [0.2, 0.25) is 0 Å². The number of hydrogen-bond donors (Lipinski definition) is 1. The lowest BCUT2D eigenvalue weighted by molar-refractivity contribution is 0.312. The Kier molecular flexibility index (Phi) is 2.52. The minimum atomic E-state index is 0.373. The van der Waals surface area contributed by atoms with Crippen LogP contribution >= 0.6 is 0 Å². The van der Waals surface area contributed by atoms with Crippen molar-refractivity contribution in [2.24, 2.45) is 12.5 Å². The first-order chi connectivity index (χ1) is 10.0. The van der Waals surface area contributed by atoms with Crippen molar-refractivity contribution in [3.63, 3.8) is 0 Å². The molecule has 0 radical (unpaired) electrons. The van der Waals surface area contributed by atoms with E-state index in [0.29, 0.717) is 5.41 Å². The van der Waals surface area contributed by atoms with Gasteiger partial charge in [0.25, 0.3) is 0 Å². The zero-order valence-electron chi connectivity index (χ0n) is 12.8. The molecular weight excluding hydrogens is 260 g/mol. The van der Waals surface area contributed by atoms with Crippen LogP contribution in [0.4, 0.5) is 0 Å². The van der Waals surface area contributed by atoms with Crippen LogP contribution in [0.25, 0.3) is 22.3 Å². The SMILES string of the molecule is Cn1ccc2cc(-c3n[nH]c4c3CCC(C)(C)C4)cnc21. The minimum Gasteiger partial charge on any atom is -0.336 e. The molecule has 0 bridgehead atoms. The molecule has 4 rings (SSSR count). The molecule has 3 heterocycles. The highest BCUT2D eigenvalue weighted by molar-refractivity contribution is 5.81. The Morgan fingerprint density at radius 1 is 1.33 bits per heavy atom. The molecule has 0 aromatic carbocycles. The molecular formula is C17H20N4. The summed E-state index contributed by atoms with van der Waals surface area (Å²) in [5.74, 6) is 0. The third kappa shape index (κ3) is 1.97. The van der Waals surface area contributed by atoms with Crippen molar-refractivity contribution in [1.82, 2.24) is 19.7 Å². The van der Waals surface area contributed by atoms with Crippen molar-refractivity contribution in [2.75, 3.05) is 0 Å². The Labute approximate surface area is 124 Å². The van der Waals surface area contributed by atoms with E-state index in [0.717, 1.165) is 29.7 Å². The minimum absolute atomic E-state index is 0.373. The largest absolute Gasteiger partial charge is 0.336 e. The Bertz CT molecular complexity index is 823. The molecule has 3 aromatic rings. The normalized spacial score (nSPS) is 17.1. The molecule has 0 unspecified atom stereocenters. The molecule has 4 nitrogen and oxygen atoms in total. The predicted molar refractivity (Wildman–Crippen MR) is 84.1 cm³/mol. The molecule has 21 heavy (non-hydrogen) atoms. The molecule has 0 atom stereocenters. The fourth-order valence-corrected chi connectivity index (χ4v) is 3.37. The van der Waals surface area contributed by atoms with E-state index in [9.17, 15) is 0 Å². The van der Waals surface area contributed by atoms with Crippen molar-refractivity contribution in [1.29, 1.82) is 0 Å². The standard InChI is InChI=1S/C17H20N4/c1-17(2)6-4-13-14(9-17)19-20-15(13)12-8-11-5-7-21(3)16(11)18-10-12/h5,7-8,10H,4,6,9H2,1-3H3,(H,19,20). The van der Waals surface area contributed by atoms with Gasteiger partial charge in [-0.3, -0.25) is 5.10 Å². The summed E-state index contributed by atoms with van der Waals surface area (Å²) in [5.41, 5.74) is 6.27. The highest BCUT2D eigenvalue weighted by Gasteiger charge is 2.29. The Hall–Kier alpha value is -2.10. The molecule has 4 heteroatoms. The third-order valence-corrected chi connectivity index (χ3v) is 4.64. The van der Waals surface area contributed by atoms with E-state index in [2.05, 4.69) is 41.2 Å². The average molecular weight is 280 g/mol. The van der Waals surface area contributed by atoms with Crippen LogP contribution in [-0.2, 0) is 19.9 Å². The highest BCUT2D eigenvalue weighted by Crippen LogP contribution is 2.37. The number of nitrogens with zero attached hydrogens (tertiary/aromatic N) is 3. The number of pyridine rings is 1. The summed E-state index contributed by atoms with van der Waals surface area (Å²) in [6.07, 6.45) is 7.38. The van der Waals surface area contributed by atoms with Gasteiger partial charge in [-0.1, -0.05) is 13.8 Å². The van der Waals surface area contributed by atoms with Crippen molar-refractivity contribution in [3.8, 4) is 11.3 Å². The molecule has 108 valence electrons. The smallest absolute Gasteiger partial charge is 0.139 e. The molecule has 0 spiro atoms. The molecule has 0 aliphatic heterocycles. The first-order valence-electron chi connectivity index (χ1n) is 7.51. The molecule has 1 aliphatic carbocycles. The molecule has 0 fully saturated rings. The van der Waals surface area contributed by atoms with E-state index in [4.69, 9.17) is 0 Å². The zero-order chi connectivity index (χ0) is 14.6. The summed E-state index contributed by atoms with van der Waals surface area (Å²) in [5, 5.41) is 9.00. The summed E-state index contributed by atoms with van der Waals surface area (Å²) in [6.45, 7) is 4.65. The number of aromatic amines is 1. The lowest BCUT2D eigenvalue weighted by atomic mass is 9.76. The lowest BCUT2D eigenvalue weighted by Gasteiger charge is -2.29. The van der Waals surface area contributed by atoms with E-state index < -0.39 is 0 Å². The molecule has 0 saturated heterocycles. The van der Waals surface area contributed by atoms with Crippen LogP contribution in [0.5, 0.6) is 0 Å². The van der Waals surface area contributed by atoms with Crippen LogP contribution in [-0.4, -0.2) is 19.7 Å². The second-order valence-corrected chi connectivity index (χ2v) is 6.93. The van der Waals surface area contributed by atoms with Gasteiger partial charge in [0.05, 0.1) is 5.69 Å². The Balaban J connectivity index is 1.81. The fourth-order valence-electron chi connectivity index (χ4n) is 3.37. The number of aryl methyl sites for hydroxylation is 1. The fraction of sp³-hybridized carbons (Fsp3) is 0.412. The van der Waals surface area contributed by atoms with Crippen LogP contribution in [0.1, 0.15) is 31.5 Å². The van der Waals surface area contributed by atoms with E-state index in [1.165, 1.54) is 23.1 Å². The van der Waals surface area contributed by atoms with E-state index >= 15 is 0 Å². The molecule has 0 amide bonds. The van der Waals surface area contributed by atoms with Crippen LogP contribution in [0, 0.1) is 5.41 Å². The Morgan fingerprint density at radius 3 is 3.05 bits per heavy atom. The van der Waals surface area contributed by atoms with Crippen LogP contribution < -0.4 is 0 Å². The quantitative estimate of drug-likeness (QED) is 0.742. The molecule has 1 N–H and O–H groups in total. The summed E-state index contributed by atoms with van der Waals surface area (Å²) in [6, 6.07) is 4.30. The van der Waals surface area contributed by atoms with Crippen molar-refractivity contribution >= 4 is 11.0 Å². The third-order valence-electron chi connectivity index (χ3n) is 4.64. The van der Waals surface area contributed by atoms with Gasteiger partial charge in [0.1, 0.15) is 5.65 Å². The van der Waals surface area contributed by atoms with Gasteiger partial charge in [0.2, 0.25) is 0 Å².